The van der Waals surface area contributed by atoms with Crippen molar-refractivity contribution in [2.24, 2.45) is 17.8 Å². The number of carboxylic acids is 1. The molecule has 1 fully saturated rings. The van der Waals surface area contributed by atoms with E-state index in [0.29, 0.717) is 24.1 Å². The van der Waals surface area contributed by atoms with Crippen molar-refractivity contribution in [2.45, 2.75) is 19.8 Å². The molecule has 0 radical (unpaired) electrons. The molecule has 0 saturated heterocycles. The first-order valence-electron chi connectivity index (χ1n) is 6.61. The van der Waals surface area contributed by atoms with E-state index in [1.807, 2.05) is 6.92 Å². The Bertz CT molecular complexity index is 573. The molecule has 1 aromatic rings. The Morgan fingerprint density at radius 1 is 1.35 bits per heavy atom. The van der Waals surface area contributed by atoms with Crippen molar-refractivity contribution in [1.29, 1.82) is 0 Å². The Morgan fingerprint density at radius 2 is 2.05 bits per heavy atom. The summed E-state index contributed by atoms with van der Waals surface area (Å²) in [4.78, 5) is 23.5. The highest BCUT2D eigenvalue weighted by atomic mass is 16.4. The topological polar surface area (TPSA) is 66.4 Å². The Morgan fingerprint density at radius 3 is 2.70 bits per heavy atom. The van der Waals surface area contributed by atoms with Crippen LogP contribution in [0.25, 0.3) is 0 Å². The van der Waals surface area contributed by atoms with Crippen LogP contribution in [-0.4, -0.2) is 17.0 Å². The molecule has 20 heavy (non-hydrogen) atoms. The van der Waals surface area contributed by atoms with Crippen LogP contribution in [0.5, 0.6) is 0 Å². The number of amides is 1. The summed E-state index contributed by atoms with van der Waals surface area (Å²) in [6.45, 7) is 1.97. The molecule has 2 N–H and O–H groups in total. The Kier molecular flexibility index (Phi) is 4.09. The molecule has 0 aliphatic heterocycles. The molecule has 2 rings (SSSR count). The predicted octanol–water partition coefficient (Wildman–Crippen LogP) is 2.35. The molecule has 3 unspecified atom stereocenters. The summed E-state index contributed by atoms with van der Waals surface area (Å²) in [7, 11) is 0. The fourth-order valence-corrected chi connectivity index (χ4v) is 2.78. The van der Waals surface area contributed by atoms with Crippen LogP contribution in [0, 0.1) is 30.1 Å². The number of hydrogen-bond donors (Lipinski definition) is 2. The van der Waals surface area contributed by atoms with Crippen LogP contribution < -0.4 is 5.32 Å². The third-order valence-electron chi connectivity index (χ3n) is 3.75. The average molecular weight is 271 g/mol. The lowest BCUT2D eigenvalue weighted by atomic mass is 9.95. The first kappa shape index (κ1) is 14.1. The Balaban J connectivity index is 2.11. The van der Waals surface area contributed by atoms with E-state index in [1.54, 1.807) is 24.3 Å². The number of nitrogens with one attached hydrogen (secondary N) is 1. The van der Waals surface area contributed by atoms with Gasteiger partial charge in [-0.3, -0.25) is 9.59 Å². The Hall–Kier alpha value is -2.28. The van der Waals surface area contributed by atoms with Crippen LogP contribution in [0.4, 0.5) is 5.69 Å². The average Bonchev–Trinajstić information content (AvgIpc) is 2.81. The van der Waals surface area contributed by atoms with Gasteiger partial charge < -0.3 is 10.4 Å². The highest BCUT2D eigenvalue weighted by molar-refractivity contribution is 5.95. The second kappa shape index (κ2) is 5.79. The normalized spacial score (nSPS) is 24.9. The lowest BCUT2D eigenvalue weighted by Gasteiger charge is -2.15. The molecular weight excluding hydrogens is 254 g/mol. The standard InChI is InChI=1S/C16H17NO3/c1-3-11-5-4-6-12(9-11)17-15(18)13-7-10(2)8-14(13)16(19)20/h1,4-6,9-10,13-14H,7-8H2,2H3,(H,17,18)(H,19,20). The SMILES string of the molecule is C#Cc1cccc(NC(=O)C2CC(C)CC2C(=O)O)c1. The minimum atomic E-state index is -0.896. The molecule has 3 atom stereocenters. The van der Waals surface area contributed by atoms with E-state index < -0.39 is 17.8 Å². The van der Waals surface area contributed by atoms with Crippen LogP contribution in [0.3, 0.4) is 0 Å². The van der Waals surface area contributed by atoms with Crippen molar-refractivity contribution in [3.63, 3.8) is 0 Å². The van der Waals surface area contributed by atoms with E-state index in [4.69, 9.17) is 6.42 Å². The molecular formula is C16H17NO3. The zero-order valence-corrected chi connectivity index (χ0v) is 11.3. The van der Waals surface area contributed by atoms with Crippen LogP contribution >= 0.6 is 0 Å². The van der Waals surface area contributed by atoms with E-state index in [1.165, 1.54) is 0 Å². The smallest absolute Gasteiger partial charge is 0.307 e. The molecule has 1 aliphatic rings. The van der Waals surface area contributed by atoms with Crippen molar-refractivity contribution in [3.8, 4) is 12.3 Å². The molecule has 1 aliphatic carbocycles. The largest absolute Gasteiger partial charge is 0.481 e. The van der Waals surface area contributed by atoms with E-state index >= 15 is 0 Å². The zero-order valence-electron chi connectivity index (χ0n) is 11.3. The number of carboxylic acid groups (broad SMARTS) is 1. The van der Waals surface area contributed by atoms with Gasteiger partial charge in [0.1, 0.15) is 0 Å². The second-order valence-electron chi connectivity index (χ2n) is 5.34. The van der Waals surface area contributed by atoms with Gasteiger partial charge in [0.2, 0.25) is 5.91 Å². The molecule has 104 valence electrons. The molecule has 0 spiro atoms. The lowest BCUT2D eigenvalue weighted by Crippen LogP contribution is -2.30. The van der Waals surface area contributed by atoms with Crippen LogP contribution in [0.1, 0.15) is 25.3 Å². The van der Waals surface area contributed by atoms with E-state index in [9.17, 15) is 14.7 Å². The molecule has 0 bridgehead atoms. The maximum Gasteiger partial charge on any atom is 0.307 e. The van der Waals surface area contributed by atoms with Crippen molar-refractivity contribution in [2.75, 3.05) is 5.32 Å². The highest BCUT2D eigenvalue weighted by Gasteiger charge is 2.41. The highest BCUT2D eigenvalue weighted by Crippen LogP contribution is 2.37. The molecule has 0 aromatic heterocycles. The lowest BCUT2D eigenvalue weighted by molar-refractivity contribution is -0.145. The van der Waals surface area contributed by atoms with E-state index in [-0.39, 0.29) is 11.8 Å². The summed E-state index contributed by atoms with van der Waals surface area (Å²) in [6, 6.07) is 6.98. The molecule has 4 heteroatoms. The monoisotopic (exact) mass is 271 g/mol. The summed E-state index contributed by atoms with van der Waals surface area (Å²) < 4.78 is 0. The van der Waals surface area contributed by atoms with Gasteiger partial charge >= 0.3 is 5.97 Å². The molecule has 1 amide bonds. The van der Waals surface area contributed by atoms with Gasteiger partial charge in [0.25, 0.3) is 0 Å². The number of rotatable bonds is 3. The fourth-order valence-electron chi connectivity index (χ4n) is 2.78. The second-order valence-corrected chi connectivity index (χ2v) is 5.34. The number of aliphatic carboxylic acids is 1. The summed E-state index contributed by atoms with van der Waals surface area (Å²) in [5.41, 5.74) is 1.28. The van der Waals surface area contributed by atoms with Gasteiger partial charge in [0, 0.05) is 11.3 Å². The molecule has 1 aromatic carbocycles. The van der Waals surface area contributed by atoms with E-state index in [2.05, 4.69) is 11.2 Å². The first-order valence-corrected chi connectivity index (χ1v) is 6.61. The van der Waals surface area contributed by atoms with E-state index in [0.717, 1.165) is 0 Å². The molecule has 4 nitrogen and oxygen atoms in total. The first-order chi connectivity index (χ1) is 9.51. The number of carbonyl (C=O) groups is 2. The number of carbonyl (C=O) groups excluding carboxylic acids is 1. The van der Waals surface area contributed by atoms with Crippen molar-refractivity contribution in [3.05, 3.63) is 29.8 Å². The van der Waals surface area contributed by atoms with Crippen molar-refractivity contribution < 1.29 is 14.7 Å². The third-order valence-corrected chi connectivity index (χ3v) is 3.75. The maximum atomic E-state index is 12.2. The third kappa shape index (κ3) is 3.00. The number of terminal acetylenes is 1. The number of benzene rings is 1. The number of hydrogen-bond acceptors (Lipinski definition) is 2. The fraction of sp³-hybridized carbons (Fsp3) is 0.375. The van der Waals surface area contributed by atoms with Crippen LogP contribution in [0.15, 0.2) is 24.3 Å². The minimum absolute atomic E-state index is 0.240. The minimum Gasteiger partial charge on any atom is -0.481 e. The van der Waals surface area contributed by atoms with Crippen molar-refractivity contribution >= 4 is 17.6 Å². The molecule has 1 saturated carbocycles. The summed E-state index contributed by atoms with van der Waals surface area (Å²) in [5, 5.41) is 12.0. The Labute approximate surface area is 118 Å². The quantitative estimate of drug-likeness (QED) is 0.829. The van der Waals surface area contributed by atoms with Crippen LogP contribution in [-0.2, 0) is 9.59 Å². The summed E-state index contributed by atoms with van der Waals surface area (Å²) >= 11 is 0. The summed E-state index contributed by atoms with van der Waals surface area (Å²) in [5.74, 6) is 0.545. The zero-order chi connectivity index (χ0) is 14.7. The van der Waals surface area contributed by atoms with Gasteiger partial charge in [0.05, 0.1) is 11.8 Å². The van der Waals surface area contributed by atoms with Crippen LogP contribution in [0.2, 0.25) is 0 Å². The van der Waals surface area contributed by atoms with Gasteiger partial charge in [-0.05, 0) is 37.0 Å². The predicted molar refractivity (Wildman–Crippen MR) is 76.0 cm³/mol. The van der Waals surface area contributed by atoms with Gasteiger partial charge in [-0.1, -0.05) is 18.9 Å². The van der Waals surface area contributed by atoms with Gasteiger partial charge in [-0.25, -0.2) is 0 Å². The summed E-state index contributed by atoms with van der Waals surface area (Å²) in [6.07, 6.45) is 6.47. The van der Waals surface area contributed by atoms with Gasteiger partial charge in [-0.2, -0.15) is 0 Å². The number of anilines is 1. The van der Waals surface area contributed by atoms with Gasteiger partial charge in [-0.15, -0.1) is 6.42 Å². The van der Waals surface area contributed by atoms with Crippen molar-refractivity contribution in [1.82, 2.24) is 0 Å². The maximum absolute atomic E-state index is 12.2. The van der Waals surface area contributed by atoms with Gasteiger partial charge in [0.15, 0.2) is 0 Å². The molecule has 0 heterocycles.